The van der Waals surface area contributed by atoms with Crippen molar-refractivity contribution in [3.63, 3.8) is 0 Å². The highest BCUT2D eigenvalue weighted by Crippen LogP contribution is 2.29. The molecule has 3 heterocycles. The summed E-state index contributed by atoms with van der Waals surface area (Å²) in [5.41, 5.74) is 2.52. The van der Waals surface area contributed by atoms with Crippen molar-refractivity contribution in [2.75, 3.05) is 0 Å². The van der Waals surface area contributed by atoms with Gasteiger partial charge in [0.05, 0.1) is 10.6 Å². The molecular formula is C15H8Cl2N4O. The van der Waals surface area contributed by atoms with E-state index in [1.807, 2.05) is 30.5 Å². The van der Waals surface area contributed by atoms with Crippen LogP contribution >= 0.6 is 23.2 Å². The summed E-state index contributed by atoms with van der Waals surface area (Å²) >= 11 is 11.8. The number of H-pyrrole nitrogens is 1. The Hall–Kier alpha value is -2.37. The highest BCUT2D eigenvalue weighted by atomic mass is 35.5. The van der Waals surface area contributed by atoms with E-state index < -0.39 is 0 Å². The Morgan fingerprint density at radius 2 is 2.05 bits per heavy atom. The van der Waals surface area contributed by atoms with Crippen molar-refractivity contribution >= 4 is 34.1 Å². The summed E-state index contributed by atoms with van der Waals surface area (Å²) in [7, 11) is 0. The first-order valence-corrected chi connectivity index (χ1v) is 7.19. The number of aromatic amines is 1. The maximum absolute atomic E-state index is 5.96. The van der Waals surface area contributed by atoms with Gasteiger partial charge in [-0.1, -0.05) is 40.5 Å². The summed E-state index contributed by atoms with van der Waals surface area (Å²) in [6.45, 7) is 0. The average Bonchev–Trinajstić information content (AvgIpc) is 3.18. The number of nitrogens with zero attached hydrogens (tertiary/aromatic N) is 3. The molecule has 108 valence electrons. The lowest BCUT2D eigenvalue weighted by atomic mass is 10.1. The molecular weight excluding hydrogens is 323 g/mol. The van der Waals surface area contributed by atoms with Crippen molar-refractivity contribution in [1.82, 2.24) is 20.1 Å². The molecule has 1 N–H and O–H groups in total. The van der Waals surface area contributed by atoms with Crippen LogP contribution in [0.4, 0.5) is 0 Å². The highest BCUT2D eigenvalue weighted by Gasteiger charge is 2.14. The van der Waals surface area contributed by atoms with Crippen molar-refractivity contribution in [2.24, 2.45) is 0 Å². The number of hydrogen-bond acceptors (Lipinski definition) is 4. The fourth-order valence-corrected chi connectivity index (χ4v) is 2.54. The van der Waals surface area contributed by atoms with E-state index in [2.05, 4.69) is 20.1 Å². The van der Waals surface area contributed by atoms with Crippen molar-refractivity contribution in [3.8, 4) is 22.8 Å². The predicted molar refractivity (Wildman–Crippen MR) is 84.8 cm³/mol. The quantitative estimate of drug-likeness (QED) is 0.546. The summed E-state index contributed by atoms with van der Waals surface area (Å²) in [4.78, 5) is 11.6. The van der Waals surface area contributed by atoms with Crippen LogP contribution in [0.1, 0.15) is 0 Å². The number of hydrogen-bond donors (Lipinski definition) is 1. The highest BCUT2D eigenvalue weighted by molar-refractivity contribution is 6.41. The van der Waals surface area contributed by atoms with Gasteiger partial charge >= 0.3 is 0 Å². The Balaban J connectivity index is 1.81. The van der Waals surface area contributed by atoms with Crippen LogP contribution in [0.2, 0.25) is 10.2 Å². The van der Waals surface area contributed by atoms with Gasteiger partial charge in [0.15, 0.2) is 0 Å². The zero-order chi connectivity index (χ0) is 15.1. The zero-order valence-electron chi connectivity index (χ0n) is 11.0. The molecule has 3 aromatic heterocycles. The minimum absolute atomic E-state index is 0.238. The number of halogens is 2. The van der Waals surface area contributed by atoms with Crippen LogP contribution in [-0.4, -0.2) is 20.1 Å². The van der Waals surface area contributed by atoms with Crippen LogP contribution in [0.25, 0.3) is 33.7 Å². The van der Waals surface area contributed by atoms with Crippen molar-refractivity contribution in [2.45, 2.75) is 0 Å². The number of benzene rings is 1. The van der Waals surface area contributed by atoms with Gasteiger partial charge in [-0.15, -0.1) is 0 Å². The first-order valence-electron chi connectivity index (χ1n) is 6.44. The topological polar surface area (TPSA) is 67.6 Å². The van der Waals surface area contributed by atoms with Crippen LogP contribution < -0.4 is 0 Å². The molecule has 0 saturated carbocycles. The van der Waals surface area contributed by atoms with Gasteiger partial charge in [-0.05, 0) is 18.2 Å². The molecule has 4 aromatic rings. The van der Waals surface area contributed by atoms with Gasteiger partial charge in [0.1, 0.15) is 5.15 Å². The fraction of sp³-hybridized carbons (Fsp3) is 0. The number of fused-ring (bicyclic) bond motifs is 1. The standard InChI is InChI=1S/C15H8Cl2N4O/c16-11-6-8(7-19-13(11)17)15-20-14(21-22-15)10-2-1-3-12-9(10)4-5-18-12/h1-7,18H. The van der Waals surface area contributed by atoms with Gasteiger partial charge in [0, 0.05) is 28.9 Å². The normalized spacial score (nSPS) is 11.2. The maximum Gasteiger partial charge on any atom is 0.259 e. The lowest BCUT2D eigenvalue weighted by Crippen LogP contribution is -1.84. The molecule has 0 aliphatic carbocycles. The van der Waals surface area contributed by atoms with E-state index in [0.29, 0.717) is 22.3 Å². The molecule has 0 atom stereocenters. The monoisotopic (exact) mass is 330 g/mol. The van der Waals surface area contributed by atoms with Crippen molar-refractivity contribution < 1.29 is 4.52 Å². The Kier molecular flexibility index (Phi) is 3.10. The first kappa shape index (κ1) is 13.3. The third kappa shape index (κ3) is 2.15. The van der Waals surface area contributed by atoms with E-state index in [-0.39, 0.29) is 5.15 Å². The van der Waals surface area contributed by atoms with E-state index in [9.17, 15) is 0 Å². The lowest BCUT2D eigenvalue weighted by Gasteiger charge is -1.97. The number of nitrogens with one attached hydrogen (secondary N) is 1. The Bertz CT molecular complexity index is 977. The average molecular weight is 331 g/mol. The van der Waals surface area contributed by atoms with Gasteiger partial charge in [-0.25, -0.2) is 4.98 Å². The van der Waals surface area contributed by atoms with Gasteiger partial charge < -0.3 is 9.51 Å². The van der Waals surface area contributed by atoms with Crippen molar-refractivity contribution in [3.05, 3.63) is 52.9 Å². The summed E-state index contributed by atoms with van der Waals surface area (Å²) in [6, 6.07) is 9.48. The van der Waals surface area contributed by atoms with Gasteiger partial charge in [-0.3, -0.25) is 0 Å². The summed E-state index contributed by atoms with van der Waals surface area (Å²) in [6.07, 6.45) is 3.42. The van der Waals surface area contributed by atoms with E-state index in [0.717, 1.165) is 16.5 Å². The molecule has 0 bridgehead atoms. The molecule has 1 aromatic carbocycles. The summed E-state index contributed by atoms with van der Waals surface area (Å²) in [5.74, 6) is 0.847. The van der Waals surface area contributed by atoms with Crippen LogP contribution in [0.15, 0.2) is 47.2 Å². The van der Waals surface area contributed by atoms with Crippen LogP contribution in [-0.2, 0) is 0 Å². The molecule has 7 heteroatoms. The first-order chi connectivity index (χ1) is 10.7. The minimum Gasteiger partial charge on any atom is -0.361 e. The Labute approximate surface area is 134 Å². The summed E-state index contributed by atoms with van der Waals surface area (Å²) < 4.78 is 5.31. The van der Waals surface area contributed by atoms with Gasteiger partial charge in [-0.2, -0.15) is 4.98 Å². The third-order valence-electron chi connectivity index (χ3n) is 3.31. The molecule has 5 nitrogen and oxygen atoms in total. The molecule has 0 saturated heterocycles. The molecule has 0 aliphatic heterocycles. The van der Waals surface area contributed by atoms with Gasteiger partial charge in [0.25, 0.3) is 5.89 Å². The SMILES string of the molecule is Clc1cc(-c2nc(-c3cccc4[nH]ccc34)no2)cnc1Cl. The second-order valence-corrected chi connectivity index (χ2v) is 5.43. The molecule has 22 heavy (non-hydrogen) atoms. The van der Waals surface area contributed by atoms with E-state index in [4.69, 9.17) is 27.7 Å². The van der Waals surface area contributed by atoms with E-state index in [1.165, 1.54) is 0 Å². The second kappa shape index (κ2) is 5.12. The largest absolute Gasteiger partial charge is 0.361 e. The molecule has 0 aliphatic rings. The second-order valence-electron chi connectivity index (χ2n) is 4.66. The number of rotatable bonds is 2. The molecule has 0 fully saturated rings. The number of aromatic nitrogens is 4. The molecule has 0 spiro atoms. The molecule has 0 radical (unpaired) electrons. The van der Waals surface area contributed by atoms with Crippen LogP contribution in [0.3, 0.4) is 0 Å². The molecule has 0 amide bonds. The van der Waals surface area contributed by atoms with E-state index >= 15 is 0 Å². The third-order valence-corrected chi connectivity index (χ3v) is 3.99. The van der Waals surface area contributed by atoms with Crippen molar-refractivity contribution in [1.29, 1.82) is 0 Å². The predicted octanol–water partition coefficient (Wildman–Crippen LogP) is 4.59. The summed E-state index contributed by atoms with van der Waals surface area (Å²) in [5, 5.41) is 5.65. The zero-order valence-corrected chi connectivity index (χ0v) is 12.6. The van der Waals surface area contributed by atoms with E-state index in [1.54, 1.807) is 12.3 Å². The molecule has 0 unspecified atom stereocenters. The van der Waals surface area contributed by atoms with Gasteiger partial charge in [0.2, 0.25) is 5.82 Å². The Morgan fingerprint density at radius 1 is 1.14 bits per heavy atom. The smallest absolute Gasteiger partial charge is 0.259 e. The van der Waals surface area contributed by atoms with Crippen LogP contribution in [0, 0.1) is 0 Å². The minimum atomic E-state index is 0.238. The van der Waals surface area contributed by atoms with Crippen LogP contribution in [0.5, 0.6) is 0 Å². The lowest BCUT2D eigenvalue weighted by molar-refractivity contribution is 0.432. The number of pyridine rings is 1. The maximum atomic E-state index is 5.96. The fourth-order valence-electron chi connectivity index (χ4n) is 2.27. The Morgan fingerprint density at radius 3 is 2.91 bits per heavy atom. The molecule has 4 rings (SSSR count).